The molecule has 1 aliphatic heterocycles. The van der Waals surface area contributed by atoms with Gasteiger partial charge in [0.15, 0.2) is 0 Å². The molecule has 1 saturated heterocycles. The van der Waals surface area contributed by atoms with Gasteiger partial charge in [0, 0.05) is 11.7 Å². The first-order valence-corrected chi connectivity index (χ1v) is 10.9. The molecular weight excluding hydrogens is 501 g/mol. The Hall–Kier alpha value is -1.52. The normalized spacial score (nSPS) is 17.7. The van der Waals surface area contributed by atoms with Crippen LogP contribution in [0.5, 0.6) is 0 Å². The molecule has 0 saturated carbocycles. The second-order valence-electron chi connectivity index (χ2n) is 8.42. The summed E-state index contributed by atoms with van der Waals surface area (Å²) in [7, 11) is -0.525. The lowest BCUT2D eigenvalue weighted by atomic mass is 9.80. The lowest BCUT2D eigenvalue weighted by Crippen LogP contribution is -2.41. The fourth-order valence-electron chi connectivity index (χ4n) is 2.95. The second kappa shape index (κ2) is 9.77. The van der Waals surface area contributed by atoms with Crippen molar-refractivity contribution in [1.29, 1.82) is 0 Å². The van der Waals surface area contributed by atoms with E-state index in [1.54, 1.807) is 12.1 Å². The molecule has 0 radical (unpaired) electrons. The van der Waals surface area contributed by atoms with Crippen LogP contribution < -0.4 is 0 Å². The summed E-state index contributed by atoms with van der Waals surface area (Å²) in [4.78, 5) is 0. The van der Waals surface area contributed by atoms with Gasteiger partial charge in [0.25, 0.3) is 0 Å². The molecule has 2 aromatic carbocycles. The van der Waals surface area contributed by atoms with Crippen molar-refractivity contribution in [2.45, 2.75) is 62.9 Å². The Labute approximate surface area is 192 Å². The Kier molecular flexibility index (Phi) is 8.16. The minimum Gasteiger partial charge on any atom is -0.403 e. The standard InChI is InChI=1S/C14H18BF3O2.C8H6BrF3/c1-12(2)13(3,4)20-15(19-12)9-10-6-5-7-11(8-10)14(16,17)18;9-5-6-2-1-3-7(4-6)8(10,11)12/h5-8H,9H2,1-4H3;1-4H,5H2. The summed E-state index contributed by atoms with van der Waals surface area (Å²) in [5, 5.41) is 0.441. The van der Waals surface area contributed by atoms with Crippen molar-refractivity contribution in [2.75, 3.05) is 0 Å². The Morgan fingerprint density at radius 3 is 1.56 bits per heavy atom. The molecule has 0 N–H and O–H groups in total. The zero-order valence-corrected chi connectivity index (χ0v) is 19.7. The summed E-state index contributed by atoms with van der Waals surface area (Å²) in [6, 6.07) is 10.5. The maximum absolute atomic E-state index is 12.7. The van der Waals surface area contributed by atoms with E-state index in [2.05, 4.69) is 15.9 Å². The molecule has 0 aliphatic carbocycles. The van der Waals surface area contributed by atoms with Gasteiger partial charge >= 0.3 is 19.5 Å². The minimum absolute atomic E-state index is 0.302. The van der Waals surface area contributed by atoms with Gasteiger partial charge in [-0.05, 0) is 51.0 Å². The van der Waals surface area contributed by atoms with Crippen molar-refractivity contribution in [2.24, 2.45) is 0 Å². The first-order chi connectivity index (χ1) is 14.5. The molecular formula is C22H24BBrF6O2. The van der Waals surface area contributed by atoms with Crippen LogP contribution in [-0.4, -0.2) is 18.3 Å². The molecule has 2 nitrogen and oxygen atoms in total. The van der Waals surface area contributed by atoms with E-state index in [9.17, 15) is 26.3 Å². The van der Waals surface area contributed by atoms with E-state index < -0.39 is 41.8 Å². The highest BCUT2D eigenvalue weighted by molar-refractivity contribution is 9.08. The molecule has 0 atom stereocenters. The molecule has 32 heavy (non-hydrogen) atoms. The van der Waals surface area contributed by atoms with Gasteiger partial charge in [-0.15, -0.1) is 0 Å². The minimum atomic E-state index is -4.33. The van der Waals surface area contributed by atoms with Crippen LogP contribution in [0.2, 0.25) is 0 Å². The maximum atomic E-state index is 12.7. The van der Waals surface area contributed by atoms with Crippen LogP contribution in [-0.2, 0) is 33.3 Å². The first kappa shape index (κ1) is 26.7. The van der Waals surface area contributed by atoms with Crippen molar-refractivity contribution < 1.29 is 35.7 Å². The fourth-order valence-corrected chi connectivity index (χ4v) is 3.30. The van der Waals surface area contributed by atoms with Gasteiger partial charge in [0.05, 0.1) is 22.3 Å². The number of rotatable bonds is 3. The number of halogens is 7. The third-order valence-electron chi connectivity index (χ3n) is 5.37. The number of alkyl halides is 7. The predicted molar refractivity (Wildman–Crippen MR) is 115 cm³/mol. The van der Waals surface area contributed by atoms with Crippen LogP contribution in [0.15, 0.2) is 48.5 Å². The summed E-state index contributed by atoms with van der Waals surface area (Å²) < 4.78 is 85.8. The average Bonchev–Trinajstić information content (AvgIpc) is 2.87. The molecule has 0 aromatic heterocycles. The molecule has 1 heterocycles. The summed E-state index contributed by atoms with van der Waals surface area (Å²) >= 11 is 3.09. The highest BCUT2D eigenvalue weighted by Crippen LogP contribution is 2.38. The van der Waals surface area contributed by atoms with Crippen molar-refractivity contribution >= 4 is 23.0 Å². The van der Waals surface area contributed by atoms with Crippen LogP contribution in [0.1, 0.15) is 49.9 Å². The Morgan fingerprint density at radius 1 is 0.750 bits per heavy atom. The van der Waals surface area contributed by atoms with Gasteiger partial charge < -0.3 is 9.31 Å². The van der Waals surface area contributed by atoms with Gasteiger partial charge in [-0.1, -0.05) is 52.3 Å². The van der Waals surface area contributed by atoms with Crippen LogP contribution in [0.25, 0.3) is 0 Å². The van der Waals surface area contributed by atoms with E-state index in [0.717, 1.165) is 24.3 Å². The quantitative estimate of drug-likeness (QED) is 0.235. The lowest BCUT2D eigenvalue weighted by Gasteiger charge is -2.32. The van der Waals surface area contributed by atoms with Gasteiger partial charge in [0.1, 0.15) is 0 Å². The molecule has 3 rings (SSSR count). The molecule has 2 aromatic rings. The smallest absolute Gasteiger partial charge is 0.403 e. The summed E-state index contributed by atoms with van der Waals surface area (Å²) in [6.45, 7) is 7.66. The molecule has 1 aliphatic rings. The molecule has 176 valence electrons. The summed E-state index contributed by atoms with van der Waals surface area (Å²) in [6.07, 6.45) is -8.26. The van der Waals surface area contributed by atoms with Gasteiger partial charge in [-0.25, -0.2) is 0 Å². The monoisotopic (exact) mass is 524 g/mol. The van der Waals surface area contributed by atoms with E-state index >= 15 is 0 Å². The summed E-state index contributed by atoms with van der Waals surface area (Å²) in [5.41, 5.74) is -1.01. The van der Waals surface area contributed by atoms with E-state index in [-0.39, 0.29) is 0 Å². The van der Waals surface area contributed by atoms with E-state index in [1.165, 1.54) is 12.1 Å². The van der Waals surface area contributed by atoms with Crippen LogP contribution in [0, 0.1) is 0 Å². The van der Waals surface area contributed by atoms with Gasteiger partial charge in [-0.3, -0.25) is 0 Å². The molecule has 0 bridgehead atoms. The second-order valence-corrected chi connectivity index (χ2v) is 8.98. The zero-order chi connectivity index (χ0) is 24.4. The van der Waals surface area contributed by atoms with Gasteiger partial charge in [0.2, 0.25) is 0 Å². The predicted octanol–water partition coefficient (Wildman–Crippen LogP) is 7.48. The third kappa shape index (κ3) is 6.99. The third-order valence-corrected chi connectivity index (χ3v) is 6.01. The van der Waals surface area contributed by atoms with Crippen molar-refractivity contribution in [3.05, 3.63) is 70.8 Å². The molecule has 1 fully saturated rings. The van der Waals surface area contributed by atoms with Crippen molar-refractivity contribution in [3.8, 4) is 0 Å². The van der Waals surface area contributed by atoms with Crippen LogP contribution in [0.4, 0.5) is 26.3 Å². The SMILES string of the molecule is CC1(C)OB(Cc2cccc(C(F)(F)F)c2)OC1(C)C.FC(F)(F)c1cccc(CBr)c1. The number of hydrogen-bond acceptors (Lipinski definition) is 2. The molecule has 10 heteroatoms. The Balaban J connectivity index is 0.000000258. The van der Waals surface area contributed by atoms with E-state index in [0.29, 0.717) is 22.8 Å². The highest BCUT2D eigenvalue weighted by Gasteiger charge is 2.50. The highest BCUT2D eigenvalue weighted by atomic mass is 79.9. The number of hydrogen-bond donors (Lipinski definition) is 0. The summed E-state index contributed by atoms with van der Waals surface area (Å²) in [5.74, 6) is 0. The largest absolute Gasteiger partial charge is 0.462 e. The van der Waals surface area contributed by atoms with Crippen LogP contribution >= 0.6 is 15.9 Å². The van der Waals surface area contributed by atoms with Crippen LogP contribution in [0.3, 0.4) is 0 Å². The zero-order valence-electron chi connectivity index (χ0n) is 18.1. The van der Waals surface area contributed by atoms with Crippen molar-refractivity contribution in [1.82, 2.24) is 0 Å². The molecule has 0 spiro atoms. The first-order valence-electron chi connectivity index (χ1n) is 9.79. The topological polar surface area (TPSA) is 18.5 Å². The molecule has 0 unspecified atom stereocenters. The number of benzene rings is 2. The fraction of sp³-hybridized carbons (Fsp3) is 0.455. The molecule has 0 amide bonds. The Bertz CT molecular complexity index is 896. The average molecular weight is 525 g/mol. The lowest BCUT2D eigenvalue weighted by molar-refractivity contribution is -0.138. The maximum Gasteiger partial charge on any atom is 0.462 e. The van der Waals surface area contributed by atoms with Crippen molar-refractivity contribution in [3.63, 3.8) is 0 Å². The Morgan fingerprint density at radius 2 is 1.16 bits per heavy atom. The van der Waals surface area contributed by atoms with Gasteiger partial charge in [-0.2, -0.15) is 26.3 Å². The van der Waals surface area contributed by atoms with E-state index in [4.69, 9.17) is 9.31 Å². The van der Waals surface area contributed by atoms with E-state index in [1.807, 2.05) is 27.7 Å².